The molecule has 0 saturated heterocycles. The smallest absolute Gasteiger partial charge is 0 e. The van der Waals surface area contributed by atoms with E-state index in [1.807, 2.05) is 0 Å². The molecule has 1 heteroatoms. The Morgan fingerprint density at radius 2 is 1.11 bits per heavy atom. The standard InChI is InChI=1S/C18H30.Li/c1-2-3-4-5-6-7-8-9-10-12-15-18-16-13-11-14-17-18;/h11,13-14,16-17H,2-10,12,15H2,1H3;. The molecule has 1 radical (unpaired) electrons. The molecule has 0 heterocycles. The Kier molecular flexibility index (Phi) is 14.1. The molecule has 0 atom stereocenters. The molecule has 1 aromatic carbocycles. The van der Waals surface area contributed by atoms with Gasteiger partial charge in [-0.25, -0.2) is 0 Å². The van der Waals surface area contributed by atoms with Crippen LogP contribution in [0.5, 0.6) is 0 Å². The molecule has 0 amide bonds. The average Bonchev–Trinajstić information content (AvgIpc) is 2.42. The number of hydrogen-bond donors (Lipinski definition) is 0. The quantitative estimate of drug-likeness (QED) is 0.347. The van der Waals surface area contributed by atoms with Gasteiger partial charge in [0.05, 0.1) is 0 Å². The second-order valence-corrected chi connectivity index (χ2v) is 5.42. The molecule has 0 saturated carbocycles. The van der Waals surface area contributed by atoms with Gasteiger partial charge in [0.25, 0.3) is 0 Å². The van der Waals surface area contributed by atoms with Crippen LogP contribution in [-0.2, 0) is 6.42 Å². The van der Waals surface area contributed by atoms with Gasteiger partial charge in [-0.1, -0.05) is 95.0 Å². The van der Waals surface area contributed by atoms with Crippen molar-refractivity contribution in [2.75, 3.05) is 0 Å². The van der Waals surface area contributed by atoms with E-state index in [9.17, 15) is 0 Å². The molecular formula is C18H30Li. The first kappa shape index (κ1) is 18.8. The van der Waals surface area contributed by atoms with Crippen LogP contribution in [-0.4, -0.2) is 18.9 Å². The SMILES string of the molecule is CCCCCCCCCCCCc1ccccc1.[Li]. The van der Waals surface area contributed by atoms with Crippen LogP contribution in [0.2, 0.25) is 0 Å². The summed E-state index contributed by atoms with van der Waals surface area (Å²) in [6.07, 6.45) is 15.5. The molecule has 19 heavy (non-hydrogen) atoms. The van der Waals surface area contributed by atoms with E-state index in [0.29, 0.717) is 0 Å². The third kappa shape index (κ3) is 11.4. The van der Waals surface area contributed by atoms with Gasteiger partial charge in [-0.05, 0) is 18.4 Å². The summed E-state index contributed by atoms with van der Waals surface area (Å²) in [5.41, 5.74) is 1.50. The van der Waals surface area contributed by atoms with E-state index in [1.54, 1.807) is 0 Å². The summed E-state index contributed by atoms with van der Waals surface area (Å²) in [4.78, 5) is 0. The zero-order valence-electron chi connectivity index (χ0n) is 13.2. The van der Waals surface area contributed by atoms with E-state index in [1.165, 1.54) is 76.2 Å². The van der Waals surface area contributed by atoms with Crippen LogP contribution in [0.4, 0.5) is 0 Å². The molecule has 0 N–H and O–H groups in total. The molecule has 0 bridgehead atoms. The Morgan fingerprint density at radius 1 is 0.632 bits per heavy atom. The summed E-state index contributed by atoms with van der Waals surface area (Å²) in [7, 11) is 0. The van der Waals surface area contributed by atoms with Gasteiger partial charge in [0, 0.05) is 18.9 Å². The first-order valence-electron chi connectivity index (χ1n) is 7.97. The minimum Gasteiger partial charge on any atom is -0.0654 e. The van der Waals surface area contributed by atoms with Crippen LogP contribution in [0.1, 0.15) is 76.7 Å². The summed E-state index contributed by atoms with van der Waals surface area (Å²) < 4.78 is 0. The fourth-order valence-corrected chi connectivity index (χ4v) is 2.46. The second kappa shape index (κ2) is 14.2. The molecular weight excluding hydrogens is 223 g/mol. The molecule has 0 spiro atoms. The van der Waals surface area contributed by atoms with Gasteiger partial charge in [0.1, 0.15) is 0 Å². The summed E-state index contributed by atoms with van der Waals surface area (Å²) in [6.45, 7) is 2.28. The van der Waals surface area contributed by atoms with E-state index in [4.69, 9.17) is 0 Å². The predicted molar refractivity (Wildman–Crippen MR) is 87.7 cm³/mol. The minimum absolute atomic E-state index is 0. The van der Waals surface area contributed by atoms with E-state index in [0.717, 1.165) is 0 Å². The van der Waals surface area contributed by atoms with Gasteiger partial charge >= 0.3 is 0 Å². The van der Waals surface area contributed by atoms with Crippen LogP contribution in [0, 0.1) is 0 Å². The van der Waals surface area contributed by atoms with Gasteiger partial charge < -0.3 is 0 Å². The summed E-state index contributed by atoms with van der Waals surface area (Å²) in [6, 6.07) is 10.9. The van der Waals surface area contributed by atoms with Gasteiger partial charge in [-0.15, -0.1) is 0 Å². The fraction of sp³-hybridized carbons (Fsp3) is 0.667. The van der Waals surface area contributed by atoms with E-state index < -0.39 is 0 Å². The second-order valence-electron chi connectivity index (χ2n) is 5.42. The zero-order valence-corrected chi connectivity index (χ0v) is 13.2. The van der Waals surface area contributed by atoms with Crippen molar-refractivity contribution in [3.8, 4) is 0 Å². The van der Waals surface area contributed by atoms with Crippen LogP contribution in [0.25, 0.3) is 0 Å². The van der Waals surface area contributed by atoms with Crippen molar-refractivity contribution < 1.29 is 0 Å². The number of hydrogen-bond acceptors (Lipinski definition) is 0. The van der Waals surface area contributed by atoms with Crippen molar-refractivity contribution in [1.82, 2.24) is 0 Å². The van der Waals surface area contributed by atoms with Crippen molar-refractivity contribution in [3.63, 3.8) is 0 Å². The molecule has 0 unspecified atom stereocenters. The average molecular weight is 253 g/mol. The molecule has 1 rings (SSSR count). The Bertz CT molecular complexity index is 268. The maximum absolute atomic E-state index is 2.28. The number of rotatable bonds is 11. The van der Waals surface area contributed by atoms with Crippen LogP contribution < -0.4 is 0 Å². The van der Waals surface area contributed by atoms with Crippen LogP contribution in [0.15, 0.2) is 30.3 Å². The predicted octanol–water partition coefficient (Wildman–Crippen LogP) is 5.77. The molecule has 103 valence electrons. The van der Waals surface area contributed by atoms with Crippen molar-refractivity contribution >= 4 is 18.9 Å². The molecule has 0 aliphatic rings. The van der Waals surface area contributed by atoms with Crippen molar-refractivity contribution in [1.29, 1.82) is 0 Å². The van der Waals surface area contributed by atoms with Crippen LogP contribution in [0.3, 0.4) is 0 Å². The Balaban J connectivity index is 0.00000324. The molecule has 0 aromatic heterocycles. The maximum atomic E-state index is 2.28. The molecule has 1 aromatic rings. The number of benzene rings is 1. The monoisotopic (exact) mass is 253 g/mol. The summed E-state index contributed by atoms with van der Waals surface area (Å²) in [5, 5.41) is 0. The minimum atomic E-state index is 0. The number of unbranched alkanes of at least 4 members (excludes halogenated alkanes) is 9. The first-order chi connectivity index (χ1) is 8.93. The van der Waals surface area contributed by atoms with E-state index >= 15 is 0 Å². The maximum Gasteiger partial charge on any atom is 0 e. The van der Waals surface area contributed by atoms with E-state index in [2.05, 4.69) is 37.3 Å². The van der Waals surface area contributed by atoms with Crippen molar-refractivity contribution in [2.45, 2.75) is 77.6 Å². The van der Waals surface area contributed by atoms with Crippen LogP contribution >= 0.6 is 0 Å². The van der Waals surface area contributed by atoms with Crippen molar-refractivity contribution in [2.24, 2.45) is 0 Å². The summed E-state index contributed by atoms with van der Waals surface area (Å²) in [5.74, 6) is 0. The third-order valence-corrected chi connectivity index (χ3v) is 3.66. The third-order valence-electron chi connectivity index (χ3n) is 3.66. The molecule has 0 fully saturated rings. The summed E-state index contributed by atoms with van der Waals surface area (Å²) >= 11 is 0. The molecule has 0 aliphatic heterocycles. The Hall–Kier alpha value is -0.183. The topological polar surface area (TPSA) is 0 Å². The van der Waals surface area contributed by atoms with E-state index in [-0.39, 0.29) is 18.9 Å². The zero-order chi connectivity index (χ0) is 12.9. The number of aryl methyl sites for hydroxylation is 1. The Labute approximate surface area is 132 Å². The normalized spacial score (nSPS) is 10.2. The largest absolute Gasteiger partial charge is 0.0654 e. The first-order valence-corrected chi connectivity index (χ1v) is 7.97. The van der Waals surface area contributed by atoms with Crippen molar-refractivity contribution in [3.05, 3.63) is 35.9 Å². The van der Waals surface area contributed by atoms with Gasteiger partial charge in [0.15, 0.2) is 0 Å². The van der Waals surface area contributed by atoms with Gasteiger partial charge in [0.2, 0.25) is 0 Å². The van der Waals surface area contributed by atoms with Gasteiger partial charge in [-0.3, -0.25) is 0 Å². The van der Waals surface area contributed by atoms with Gasteiger partial charge in [-0.2, -0.15) is 0 Å². The Morgan fingerprint density at radius 3 is 1.63 bits per heavy atom. The molecule has 0 aliphatic carbocycles. The fourth-order valence-electron chi connectivity index (χ4n) is 2.46. The molecule has 0 nitrogen and oxygen atoms in total.